The molecule has 2 saturated heterocycles. The number of thiazole rings is 1. The van der Waals surface area contributed by atoms with Crippen molar-refractivity contribution in [1.29, 1.82) is 0 Å². The first-order valence-electron chi connectivity index (χ1n) is 11.1. The van der Waals surface area contributed by atoms with E-state index in [0.717, 1.165) is 37.7 Å². The molecule has 0 saturated carbocycles. The lowest BCUT2D eigenvalue weighted by Crippen LogP contribution is -2.44. The summed E-state index contributed by atoms with van der Waals surface area (Å²) in [5.74, 6) is 0.900. The number of rotatable bonds is 7. The first-order chi connectivity index (χ1) is 16.3. The molecule has 0 spiro atoms. The van der Waals surface area contributed by atoms with E-state index < -0.39 is 11.1 Å². The van der Waals surface area contributed by atoms with E-state index in [1.807, 2.05) is 12.1 Å². The number of likely N-dealkylation sites (tertiary alicyclic amines) is 1. The lowest BCUT2D eigenvalue weighted by molar-refractivity contribution is -0.134. The Kier molecular flexibility index (Phi) is 7.69. The molecule has 0 bridgehead atoms. The highest BCUT2D eigenvalue weighted by Crippen LogP contribution is 2.36. The molecular weight excluding hydrogens is 469 g/mol. The Balaban J connectivity index is 1.53. The van der Waals surface area contributed by atoms with Crippen molar-refractivity contribution in [1.82, 2.24) is 19.8 Å². The number of nitrogens with zero attached hydrogens (tertiary/aromatic N) is 4. The predicted molar refractivity (Wildman–Crippen MR) is 124 cm³/mol. The second-order valence-electron chi connectivity index (χ2n) is 8.26. The maximum Gasteiger partial charge on any atom is 0.427 e. The molecule has 2 aromatic rings. The number of morpholine rings is 1. The smallest absolute Gasteiger partial charge is 0.379 e. The largest absolute Gasteiger partial charge is 0.427 e. The third-order valence-corrected chi connectivity index (χ3v) is 6.63. The zero-order valence-corrected chi connectivity index (χ0v) is 19.4. The first kappa shape index (κ1) is 24.4. The van der Waals surface area contributed by atoms with Gasteiger partial charge in [-0.15, -0.1) is 0 Å². The van der Waals surface area contributed by atoms with Crippen LogP contribution in [0.4, 0.5) is 29.9 Å². The number of anilines is 3. The van der Waals surface area contributed by atoms with E-state index in [2.05, 4.69) is 32.1 Å². The fourth-order valence-electron chi connectivity index (χ4n) is 4.04. The molecule has 8 nitrogen and oxygen atoms in total. The van der Waals surface area contributed by atoms with Crippen LogP contribution in [0.2, 0.25) is 0 Å². The molecule has 2 aromatic heterocycles. The van der Waals surface area contributed by atoms with Crippen molar-refractivity contribution in [3.63, 3.8) is 0 Å². The van der Waals surface area contributed by atoms with Crippen molar-refractivity contribution in [2.45, 2.75) is 31.6 Å². The lowest BCUT2D eigenvalue weighted by Gasteiger charge is -2.33. The third kappa shape index (κ3) is 6.45. The molecule has 2 N–H and O–H groups in total. The summed E-state index contributed by atoms with van der Waals surface area (Å²) in [4.78, 5) is 23.7. The van der Waals surface area contributed by atoms with E-state index in [1.165, 1.54) is 6.08 Å². The summed E-state index contributed by atoms with van der Waals surface area (Å²) in [5, 5.41) is 6.45. The van der Waals surface area contributed by atoms with Gasteiger partial charge in [-0.05, 0) is 36.6 Å². The molecule has 34 heavy (non-hydrogen) atoms. The Bertz CT molecular complexity index is 1010. The van der Waals surface area contributed by atoms with E-state index in [4.69, 9.17) is 4.74 Å². The fraction of sp³-hybridized carbons (Fsp3) is 0.500. The molecule has 2 aliphatic heterocycles. The number of amides is 1. The molecule has 184 valence electrons. The highest BCUT2D eigenvalue weighted by atomic mass is 32.1. The third-order valence-electron chi connectivity index (χ3n) is 5.67. The monoisotopic (exact) mass is 496 g/mol. The molecule has 1 amide bonds. The minimum Gasteiger partial charge on any atom is -0.379 e. The molecular formula is C22H27F3N6O2S. The number of aromatic nitrogens is 2. The quantitative estimate of drug-likeness (QED) is 0.566. The van der Waals surface area contributed by atoms with Crippen LogP contribution in [0.5, 0.6) is 0 Å². The number of hydrogen-bond donors (Lipinski definition) is 2. The van der Waals surface area contributed by atoms with Gasteiger partial charge in [0.25, 0.3) is 0 Å². The van der Waals surface area contributed by atoms with Gasteiger partial charge in [-0.3, -0.25) is 9.69 Å². The van der Waals surface area contributed by atoms with Crippen LogP contribution in [0, 0.1) is 0 Å². The summed E-state index contributed by atoms with van der Waals surface area (Å²) in [7, 11) is 0. The molecule has 0 aliphatic carbocycles. The first-order valence-corrected chi connectivity index (χ1v) is 11.9. The van der Waals surface area contributed by atoms with Crippen LogP contribution in [0.15, 0.2) is 31.0 Å². The van der Waals surface area contributed by atoms with Gasteiger partial charge in [0, 0.05) is 38.8 Å². The minimum atomic E-state index is -4.44. The average molecular weight is 497 g/mol. The van der Waals surface area contributed by atoms with Crippen LogP contribution in [-0.4, -0.2) is 71.1 Å². The van der Waals surface area contributed by atoms with Gasteiger partial charge in [-0.2, -0.15) is 13.2 Å². The number of carbonyl (C=O) groups excluding carboxylic acids is 1. The second kappa shape index (κ2) is 10.7. The molecule has 0 unspecified atom stereocenters. The topological polar surface area (TPSA) is 82.6 Å². The van der Waals surface area contributed by atoms with Crippen molar-refractivity contribution < 1.29 is 22.7 Å². The van der Waals surface area contributed by atoms with Gasteiger partial charge in [0.2, 0.25) is 5.91 Å². The number of nitrogens with one attached hydrogen (secondary N) is 2. The van der Waals surface area contributed by atoms with Crippen molar-refractivity contribution >= 4 is 34.0 Å². The Morgan fingerprint density at radius 1 is 1.26 bits per heavy atom. The summed E-state index contributed by atoms with van der Waals surface area (Å²) in [6, 6.07) is 3.77. The summed E-state index contributed by atoms with van der Waals surface area (Å²) >= 11 is 0.536. The van der Waals surface area contributed by atoms with Crippen molar-refractivity contribution in [3.05, 3.63) is 41.4 Å². The summed E-state index contributed by atoms with van der Waals surface area (Å²) in [6.45, 7) is 8.37. The van der Waals surface area contributed by atoms with Crippen LogP contribution >= 0.6 is 11.3 Å². The predicted octanol–water partition coefficient (Wildman–Crippen LogP) is 3.72. The van der Waals surface area contributed by atoms with E-state index in [0.29, 0.717) is 55.8 Å². The number of hydrogen-bond acceptors (Lipinski definition) is 8. The van der Waals surface area contributed by atoms with Crippen LogP contribution < -0.4 is 10.6 Å². The van der Waals surface area contributed by atoms with Crippen LogP contribution in [0.1, 0.15) is 23.3 Å². The number of ether oxygens (including phenoxy) is 1. The SMILES string of the molecule is C=CC(=O)N1CCC[C@H](Nc2cc(CN3CCOCC3)cc(Nc3ncc(C(F)(F)F)s3)n2)C1. The molecule has 0 radical (unpaired) electrons. The lowest BCUT2D eigenvalue weighted by atomic mass is 10.1. The molecule has 2 aliphatic rings. The minimum absolute atomic E-state index is 0.00771. The number of piperidine rings is 1. The molecule has 0 aromatic carbocycles. The van der Waals surface area contributed by atoms with E-state index in [-0.39, 0.29) is 17.1 Å². The van der Waals surface area contributed by atoms with Gasteiger partial charge < -0.3 is 20.3 Å². The molecule has 2 fully saturated rings. The number of pyridine rings is 1. The molecule has 1 atom stereocenters. The highest BCUT2D eigenvalue weighted by Gasteiger charge is 2.33. The second-order valence-corrected chi connectivity index (χ2v) is 9.29. The van der Waals surface area contributed by atoms with Gasteiger partial charge in [0.1, 0.15) is 16.5 Å². The Labute approximate surface area is 199 Å². The van der Waals surface area contributed by atoms with Crippen molar-refractivity contribution in [2.75, 3.05) is 50.0 Å². The summed E-state index contributed by atoms with van der Waals surface area (Å²) < 4.78 is 44.3. The maximum atomic E-state index is 13.0. The van der Waals surface area contributed by atoms with E-state index in [1.54, 1.807) is 4.90 Å². The molecule has 4 rings (SSSR count). The maximum absolute atomic E-state index is 13.0. The van der Waals surface area contributed by atoms with E-state index >= 15 is 0 Å². The standard InChI is InChI=1S/C22H27F3N6O2S/c1-2-20(32)31-5-3-4-16(14-31)27-18-10-15(13-30-6-8-33-9-7-30)11-19(28-18)29-21-26-12-17(34-21)22(23,24)25/h2,10-12,16H,1,3-9,13-14H2,(H2,26,27,28,29)/t16-/m0/s1. The van der Waals surface area contributed by atoms with Crippen LogP contribution in [-0.2, 0) is 22.3 Å². The Morgan fingerprint density at radius 2 is 2.03 bits per heavy atom. The molecule has 12 heteroatoms. The molecule has 4 heterocycles. The van der Waals surface area contributed by atoms with Crippen LogP contribution in [0.3, 0.4) is 0 Å². The van der Waals surface area contributed by atoms with Gasteiger partial charge in [-0.1, -0.05) is 17.9 Å². The number of carbonyl (C=O) groups is 1. The number of halogens is 3. The van der Waals surface area contributed by atoms with Gasteiger partial charge in [0.05, 0.1) is 19.4 Å². The summed E-state index contributed by atoms with van der Waals surface area (Å²) in [5.41, 5.74) is 0.962. The Hall–Kier alpha value is -2.70. The van der Waals surface area contributed by atoms with Crippen LogP contribution in [0.25, 0.3) is 0 Å². The van der Waals surface area contributed by atoms with Gasteiger partial charge in [0.15, 0.2) is 5.13 Å². The fourth-order valence-corrected chi connectivity index (χ4v) is 4.73. The zero-order chi connectivity index (χ0) is 24.1. The van der Waals surface area contributed by atoms with Gasteiger partial charge in [-0.25, -0.2) is 9.97 Å². The zero-order valence-electron chi connectivity index (χ0n) is 18.6. The van der Waals surface area contributed by atoms with Crippen molar-refractivity contribution in [3.8, 4) is 0 Å². The normalized spacial score (nSPS) is 19.6. The highest BCUT2D eigenvalue weighted by molar-refractivity contribution is 7.15. The van der Waals surface area contributed by atoms with Gasteiger partial charge >= 0.3 is 6.18 Å². The number of alkyl halides is 3. The Morgan fingerprint density at radius 3 is 2.74 bits per heavy atom. The average Bonchev–Trinajstić information content (AvgIpc) is 3.28. The van der Waals surface area contributed by atoms with E-state index in [9.17, 15) is 18.0 Å². The van der Waals surface area contributed by atoms with Crippen molar-refractivity contribution in [2.24, 2.45) is 0 Å². The summed E-state index contributed by atoms with van der Waals surface area (Å²) in [6.07, 6.45) is -0.576.